The molecule has 1 aliphatic rings. The van der Waals surface area contributed by atoms with Crippen LogP contribution < -0.4 is 4.74 Å². The summed E-state index contributed by atoms with van der Waals surface area (Å²) in [6.45, 7) is 1.40. The summed E-state index contributed by atoms with van der Waals surface area (Å²) in [5.74, 6) is 0.894. The molecule has 0 spiro atoms. The fraction of sp³-hybridized carbons (Fsp3) is 0.350. The summed E-state index contributed by atoms with van der Waals surface area (Å²) in [5.41, 5.74) is 1.84. The lowest BCUT2D eigenvalue weighted by atomic mass is 9.98. The zero-order chi connectivity index (χ0) is 16.0. The fourth-order valence-corrected chi connectivity index (χ4v) is 2.74. The maximum atomic E-state index is 9.11. The van der Waals surface area contributed by atoms with Crippen LogP contribution in [0.5, 0.6) is 5.75 Å². The molecule has 1 heterocycles. The largest absolute Gasteiger partial charge is 0.490 e. The molecular weight excluding hydrogens is 286 g/mol. The number of rotatable bonds is 8. The second-order valence-corrected chi connectivity index (χ2v) is 6.05. The van der Waals surface area contributed by atoms with Gasteiger partial charge in [-0.15, -0.1) is 0 Å². The molecule has 1 fully saturated rings. The first-order valence-electron chi connectivity index (χ1n) is 8.11. The van der Waals surface area contributed by atoms with E-state index in [4.69, 9.17) is 14.7 Å². The van der Waals surface area contributed by atoms with E-state index in [2.05, 4.69) is 6.07 Å². The smallest absolute Gasteiger partial charge is 0.125 e. The molecule has 2 aromatic carbocycles. The van der Waals surface area contributed by atoms with Crippen molar-refractivity contribution in [3.05, 3.63) is 65.7 Å². The van der Waals surface area contributed by atoms with Crippen LogP contribution in [0.4, 0.5) is 0 Å². The number of nitriles is 1. The predicted octanol–water partition coefficient (Wildman–Crippen LogP) is 4.12. The van der Waals surface area contributed by atoms with Crippen molar-refractivity contribution in [1.82, 2.24) is 0 Å². The minimum atomic E-state index is -0.0927. The molecule has 1 aliphatic heterocycles. The van der Waals surface area contributed by atoms with E-state index in [1.807, 2.05) is 54.6 Å². The van der Waals surface area contributed by atoms with Gasteiger partial charge in [-0.1, -0.05) is 42.8 Å². The van der Waals surface area contributed by atoms with E-state index in [-0.39, 0.29) is 5.60 Å². The Bertz CT molecular complexity index is 672. The minimum Gasteiger partial charge on any atom is -0.490 e. The summed E-state index contributed by atoms with van der Waals surface area (Å²) in [4.78, 5) is 0. The van der Waals surface area contributed by atoms with E-state index >= 15 is 0 Å². The first-order valence-corrected chi connectivity index (χ1v) is 8.11. The second-order valence-electron chi connectivity index (χ2n) is 6.05. The monoisotopic (exact) mass is 307 g/mol. The molecule has 0 amide bonds. The number of epoxide rings is 1. The Labute approximate surface area is 137 Å². The maximum absolute atomic E-state index is 9.11. The lowest BCUT2D eigenvalue weighted by molar-refractivity contribution is 0.177. The third-order valence-corrected chi connectivity index (χ3v) is 4.26. The summed E-state index contributed by atoms with van der Waals surface area (Å²) in [6, 6.07) is 20.0. The molecule has 0 aromatic heterocycles. The number of hydrogen-bond donors (Lipinski definition) is 0. The summed E-state index contributed by atoms with van der Waals surface area (Å²) >= 11 is 0. The van der Waals surface area contributed by atoms with Gasteiger partial charge in [0.25, 0.3) is 0 Å². The molecule has 23 heavy (non-hydrogen) atoms. The van der Waals surface area contributed by atoms with Crippen molar-refractivity contribution in [3.63, 3.8) is 0 Å². The van der Waals surface area contributed by atoms with E-state index in [1.165, 1.54) is 0 Å². The minimum absolute atomic E-state index is 0.0927. The summed E-state index contributed by atoms with van der Waals surface area (Å²) in [5, 5.41) is 9.11. The van der Waals surface area contributed by atoms with Gasteiger partial charge in [-0.2, -0.15) is 5.26 Å². The quantitative estimate of drug-likeness (QED) is 0.544. The van der Waals surface area contributed by atoms with Crippen LogP contribution in [0.1, 0.15) is 30.4 Å². The molecule has 1 atom stereocenters. The number of aryl methyl sites for hydroxylation is 1. The SMILES string of the molecule is N#Cc1ccccc1CCCCC1(COc2ccccc2)CO1. The molecule has 1 saturated heterocycles. The van der Waals surface area contributed by atoms with E-state index < -0.39 is 0 Å². The van der Waals surface area contributed by atoms with Gasteiger partial charge in [0, 0.05) is 0 Å². The van der Waals surface area contributed by atoms with E-state index in [0.717, 1.165) is 49.2 Å². The normalized spacial score (nSPS) is 19.1. The third-order valence-electron chi connectivity index (χ3n) is 4.26. The lowest BCUT2D eigenvalue weighted by Gasteiger charge is -2.13. The van der Waals surface area contributed by atoms with Crippen LogP contribution in [0.3, 0.4) is 0 Å². The van der Waals surface area contributed by atoms with Crippen LogP contribution in [0.25, 0.3) is 0 Å². The number of hydrogen-bond acceptors (Lipinski definition) is 3. The Hall–Kier alpha value is -2.31. The first-order chi connectivity index (χ1) is 11.3. The van der Waals surface area contributed by atoms with Gasteiger partial charge in [-0.3, -0.25) is 0 Å². The maximum Gasteiger partial charge on any atom is 0.125 e. The molecule has 1 unspecified atom stereocenters. The molecule has 0 bridgehead atoms. The second kappa shape index (κ2) is 7.30. The molecular formula is C20H21NO2. The van der Waals surface area contributed by atoms with Gasteiger partial charge in [-0.05, 0) is 43.0 Å². The van der Waals surface area contributed by atoms with E-state index in [0.29, 0.717) is 6.61 Å². The fourth-order valence-electron chi connectivity index (χ4n) is 2.74. The number of nitrogens with zero attached hydrogens (tertiary/aromatic N) is 1. The highest BCUT2D eigenvalue weighted by Crippen LogP contribution is 2.33. The van der Waals surface area contributed by atoms with Crippen LogP contribution in [0.15, 0.2) is 54.6 Å². The highest BCUT2D eigenvalue weighted by molar-refractivity contribution is 5.37. The molecule has 0 radical (unpaired) electrons. The van der Waals surface area contributed by atoms with Crippen molar-refractivity contribution in [2.45, 2.75) is 31.3 Å². The number of ether oxygens (including phenoxy) is 2. The molecule has 0 aliphatic carbocycles. The number of para-hydroxylation sites is 1. The number of benzene rings is 2. The number of unbranched alkanes of at least 4 members (excludes halogenated alkanes) is 1. The van der Waals surface area contributed by atoms with Crippen LogP contribution in [-0.4, -0.2) is 18.8 Å². The average molecular weight is 307 g/mol. The summed E-state index contributed by atoms with van der Waals surface area (Å²) in [7, 11) is 0. The van der Waals surface area contributed by atoms with Crippen LogP contribution >= 0.6 is 0 Å². The Balaban J connectivity index is 1.41. The van der Waals surface area contributed by atoms with Crippen molar-refractivity contribution in [2.75, 3.05) is 13.2 Å². The highest BCUT2D eigenvalue weighted by atomic mass is 16.6. The molecule has 3 heteroatoms. The molecule has 0 N–H and O–H groups in total. The van der Waals surface area contributed by atoms with Crippen molar-refractivity contribution in [1.29, 1.82) is 5.26 Å². The Morgan fingerprint density at radius 1 is 1.04 bits per heavy atom. The highest BCUT2D eigenvalue weighted by Gasteiger charge is 2.44. The summed E-state index contributed by atoms with van der Waals surface area (Å²) in [6.07, 6.45) is 4.10. The third kappa shape index (κ3) is 4.34. The van der Waals surface area contributed by atoms with Crippen LogP contribution in [0, 0.1) is 11.3 Å². The predicted molar refractivity (Wildman–Crippen MR) is 89.3 cm³/mol. The average Bonchev–Trinajstić information content (AvgIpc) is 3.38. The van der Waals surface area contributed by atoms with Gasteiger partial charge >= 0.3 is 0 Å². The topological polar surface area (TPSA) is 45.5 Å². The Morgan fingerprint density at radius 2 is 1.78 bits per heavy atom. The van der Waals surface area contributed by atoms with Crippen molar-refractivity contribution in [3.8, 4) is 11.8 Å². The molecule has 118 valence electrons. The van der Waals surface area contributed by atoms with Crippen molar-refractivity contribution in [2.24, 2.45) is 0 Å². The molecule has 3 rings (SSSR count). The van der Waals surface area contributed by atoms with Gasteiger partial charge in [0.05, 0.1) is 18.2 Å². The molecule has 3 nitrogen and oxygen atoms in total. The molecule has 2 aromatic rings. The van der Waals surface area contributed by atoms with Crippen LogP contribution in [-0.2, 0) is 11.2 Å². The zero-order valence-electron chi connectivity index (χ0n) is 13.2. The lowest BCUT2D eigenvalue weighted by Crippen LogP contribution is -2.21. The van der Waals surface area contributed by atoms with Gasteiger partial charge in [0.15, 0.2) is 0 Å². The van der Waals surface area contributed by atoms with E-state index in [9.17, 15) is 0 Å². The van der Waals surface area contributed by atoms with Crippen molar-refractivity contribution < 1.29 is 9.47 Å². The molecule has 0 saturated carbocycles. The Morgan fingerprint density at radius 3 is 2.52 bits per heavy atom. The van der Waals surface area contributed by atoms with Gasteiger partial charge < -0.3 is 9.47 Å². The van der Waals surface area contributed by atoms with Crippen molar-refractivity contribution >= 4 is 0 Å². The van der Waals surface area contributed by atoms with Crippen LogP contribution in [0.2, 0.25) is 0 Å². The van der Waals surface area contributed by atoms with Gasteiger partial charge in [0.1, 0.15) is 18.0 Å². The van der Waals surface area contributed by atoms with Gasteiger partial charge in [-0.25, -0.2) is 0 Å². The first kappa shape index (κ1) is 15.6. The van der Waals surface area contributed by atoms with Gasteiger partial charge in [0.2, 0.25) is 0 Å². The zero-order valence-corrected chi connectivity index (χ0v) is 13.2. The Kier molecular flexibility index (Phi) is 4.95. The summed E-state index contributed by atoms with van der Waals surface area (Å²) < 4.78 is 11.5. The van der Waals surface area contributed by atoms with E-state index in [1.54, 1.807) is 0 Å². The standard InChI is InChI=1S/C20H21NO2/c21-14-18-10-5-4-8-17(18)9-6-7-13-20(16-23-20)15-22-19-11-2-1-3-12-19/h1-5,8,10-12H,6-7,9,13,15-16H2.